The van der Waals surface area contributed by atoms with Gasteiger partial charge >= 0.3 is 5.97 Å². The number of nitriles is 1. The number of carbonyl (C=O) groups excluding carboxylic acids is 1. The molecule has 0 amide bonds. The average molecular weight is 265 g/mol. The number of esters is 1. The van der Waals surface area contributed by atoms with E-state index in [2.05, 4.69) is 6.07 Å². The zero-order valence-electron chi connectivity index (χ0n) is 10.6. The van der Waals surface area contributed by atoms with E-state index in [-0.39, 0.29) is 11.4 Å². The minimum atomic E-state index is -0.213. The lowest BCUT2D eigenvalue weighted by Gasteiger charge is -2.24. The van der Waals surface area contributed by atoms with Gasteiger partial charge < -0.3 is 4.74 Å². The van der Waals surface area contributed by atoms with Crippen LogP contribution in [0.3, 0.4) is 0 Å². The first kappa shape index (κ1) is 13.5. The highest BCUT2D eigenvalue weighted by Gasteiger charge is 2.29. The number of thioether (sulfide) groups is 1. The van der Waals surface area contributed by atoms with Crippen LogP contribution in [0, 0.1) is 11.3 Å². The highest BCUT2D eigenvalue weighted by atomic mass is 32.2. The van der Waals surface area contributed by atoms with E-state index in [1.807, 2.05) is 0 Å². The van der Waals surface area contributed by atoms with Crippen molar-refractivity contribution in [3.63, 3.8) is 0 Å². The molecule has 1 aliphatic carbocycles. The molecule has 0 aromatic heterocycles. The van der Waals surface area contributed by atoms with Crippen LogP contribution in [0.4, 0.5) is 0 Å². The standard InChI is InChI=1S/C14H19NO2S/c15-9-5-4-6-11-10-13(16)17-14(11)18-12-7-2-1-3-8-12/h10,12,14H,1-8H2. The molecular formula is C14H19NO2S. The van der Waals surface area contributed by atoms with Crippen molar-refractivity contribution in [1.29, 1.82) is 5.26 Å². The molecule has 1 unspecified atom stereocenters. The molecule has 3 nitrogen and oxygen atoms in total. The van der Waals surface area contributed by atoms with Gasteiger partial charge in [0.05, 0.1) is 6.07 Å². The smallest absolute Gasteiger partial charge is 0.332 e. The van der Waals surface area contributed by atoms with Crippen LogP contribution in [0.5, 0.6) is 0 Å². The molecule has 2 aliphatic rings. The van der Waals surface area contributed by atoms with Crippen LogP contribution < -0.4 is 0 Å². The number of unbranched alkanes of at least 4 members (excludes halogenated alkanes) is 1. The van der Waals surface area contributed by atoms with Gasteiger partial charge in [0.2, 0.25) is 0 Å². The lowest BCUT2D eigenvalue weighted by atomic mass is 10.0. The third-order valence-electron chi connectivity index (χ3n) is 3.45. The van der Waals surface area contributed by atoms with Crippen molar-refractivity contribution in [3.8, 4) is 6.07 Å². The highest BCUT2D eigenvalue weighted by molar-refractivity contribution is 8.00. The maximum atomic E-state index is 11.4. The Morgan fingerprint density at radius 3 is 2.89 bits per heavy atom. The second kappa shape index (κ2) is 6.84. The summed E-state index contributed by atoms with van der Waals surface area (Å²) in [6.45, 7) is 0. The Bertz CT molecular complexity index is 366. The van der Waals surface area contributed by atoms with Gasteiger partial charge in [-0.2, -0.15) is 5.26 Å². The lowest BCUT2D eigenvalue weighted by molar-refractivity contribution is -0.136. The molecular weight excluding hydrogens is 246 g/mol. The molecule has 1 aliphatic heterocycles. The predicted octanol–water partition coefficient (Wildman–Crippen LogP) is 3.56. The Balaban J connectivity index is 1.84. The van der Waals surface area contributed by atoms with E-state index in [0.717, 1.165) is 18.4 Å². The SMILES string of the molecule is N#CCCCC1=CC(=O)OC1SC1CCCCC1. The number of nitrogens with zero attached hydrogens (tertiary/aromatic N) is 1. The van der Waals surface area contributed by atoms with E-state index in [4.69, 9.17) is 10.00 Å². The zero-order valence-corrected chi connectivity index (χ0v) is 11.4. The Kier molecular flexibility index (Phi) is 5.12. The summed E-state index contributed by atoms with van der Waals surface area (Å²) in [5.41, 5.74) is 0.991. The topological polar surface area (TPSA) is 50.1 Å². The van der Waals surface area contributed by atoms with Gasteiger partial charge in [-0.15, -0.1) is 11.8 Å². The zero-order chi connectivity index (χ0) is 12.8. The fraction of sp³-hybridized carbons (Fsp3) is 0.714. The quantitative estimate of drug-likeness (QED) is 0.563. The number of hydrogen-bond acceptors (Lipinski definition) is 4. The summed E-state index contributed by atoms with van der Waals surface area (Å²) in [6.07, 6.45) is 10.2. The Labute approximate surface area is 113 Å². The minimum absolute atomic E-state index is 0.0840. The van der Waals surface area contributed by atoms with Crippen LogP contribution in [-0.4, -0.2) is 16.7 Å². The number of rotatable bonds is 5. The lowest BCUT2D eigenvalue weighted by Crippen LogP contribution is -2.16. The normalized spacial score (nSPS) is 24.5. The maximum Gasteiger partial charge on any atom is 0.332 e. The van der Waals surface area contributed by atoms with Gasteiger partial charge in [-0.3, -0.25) is 0 Å². The number of carbonyl (C=O) groups is 1. The van der Waals surface area contributed by atoms with Crippen LogP contribution in [0.2, 0.25) is 0 Å². The van der Waals surface area contributed by atoms with Gasteiger partial charge in [-0.1, -0.05) is 19.3 Å². The summed E-state index contributed by atoms with van der Waals surface area (Å²) < 4.78 is 5.36. The van der Waals surface area contributed by atoms with Crippen molar-refractivity contribution >= 4 is 17.7 Å². The number of hydrogen-bond donors (Lipinski definition) is 0. The molecule has 1 saturated carbocycles. The average Bonchev–Trinajstić information content (AvgIpc) is 2.71. The molecule has 0 aromatic carbocycles. The first-order valence-electron chi connectivity index (χ1n) is 6.73. The van der Waals surface area contributed by atoms with E-state index in [9.17, 15) is 4.79 Å². The summed E-state index contributed by atoms with van der Waals surface area (Å²) in [6, 6.07) is 2.14. The highest BCUT2D eigenvalue weighted by Crippen LogP contribution is 2.37. The van der Waals surface area contributed by atoms with Crippen LogP contribution in [0.15, 0.2) is 11.6 Å². The predicted molar refractivity (Wildman–Crippen MR) is 71.9 cm³/mol. The fourth-order valence-corrected chi connectivity index (χ4v) is 3.95. The molecule has 4 heteroatoms. The molecule has 0 aromatic rings. The first-order valence-corrected chi connectivity index (χ1v) is 7.67. The van der Waals surface area contributed by atoms with E-state index in [0.29, 0.717) is 11.7 Å². The third kappa shape index (κ3) is 3.78. The molecule has 1 fully saturated rings. The molecule has 1 atom stereocenters. The van der Waals surface area contributed by atoms with Gasteiger partial charge in [0.25, 0.3) is 0 Å². The number of ether oxygens (including phenoxy) is 1. The molecule has 18 heavy (non-hydrogen) atoms. The maximum absolute atomic E-state index is 11.4. The summed E-state index contributed by atoms with van der Waals surface area (Å²) in [5, 5.41) is 9.18. The Morgan fingerprint density at radius 1 is 1.39 bits per heavy atom. The van der Waals surface area contributed by atoms with Crippen LogP contribution in [0.1, 0.15) is 51.4 Å². The van der Waals surface area contributed by atoms with Gasteiger partial charge in [-0.05, 0) is 31.3 Å². The van der Waals surface area contributed by atoms with Crippen LogP contribution >= 0.6 is 11.8 Å². The Hall–Kier alpha value is -0.950. The van der Waals surface area contributed by atoms with Gasteiger partial charge in [0.15, 0.2) is 5.44 Å². The Morgan fingerprint density at radius 2 is 2.17 bits per heavy atom. The monoisotopic (exact) mass is 265 g/mol. The van der Waals surface area contributed by atoms with Gasteiger partial charge in [-0.25, -0.2) is 4.79 Å². The molecule has 0 saturated heterocycles. The van der Waals surface area contributed by atoms with E-state index in [1.54, 1.807) is 17.8 Å². The van der Waals surface area contributed by atoms with Crippen molar-refractivity contribution in [3.05, 3.63) is 11.6 Å². The van der Waals surface area contributed by atoms with Crippen molar-refractivity contribution < 1.29 is 9.53 Å². The first-order chi connectivity index (χ1) is 8.79. The second-order valence-electron chi connectivity index (χ2n) is 4.90. The van der Waals surface area contributed by atoms with Crippen molar-refractivity contribution in [2.75, 3.05) is 0 Å². The molecule has 98 valence electrons. The molecule has 0 bridgehead atoms. The van der Waals surface area contributed by atoms with Gasteiger partial charge in [0.1, 0.15) is 0 Å². The van der Waals surface area contributed by atoms with Crippen LogP contribution in [-0.2, 0) is 9.53 Å². The summed E-state index contributed by atoms with van der Waals surface area (Å²) in [7, 11) is 0. The van der Waals surface area contributed by atoms with Crippen LogP contribution in [0.25, 0.3) is 0 Å². The summed E-state index contributed by atoms with van der Waals surface area (Å²) in [4.78, 5) is 11.4. The van der Waals surface area contributed by atoms with E-state index >= 15 is 0 Å². The van der Waals surface area contributed by atoms with E-state index in [1.165, 1.54) is 32.1 Å². The molecule has 1 heterocycles. The molecule has 0 N–H and O–H groups in total. The number of cyclic esters (lactones) is 1. The molecule has 0 radical (unpaired) electrons. The second-order valence-corrected chi connectivity index (χ2v) is 6.26. The van der Waals surface area contributed by atoms with E-state index < -0.39 is 0 Å². The van der Waals surface area contributed by atoms with Gasteiger partial charge in [0, 0.05) is 17.7 Å². The molecule has 2 rings (SSSR count). The van der Waals surface area contributed by atoms with Crippen molar-refractivity contribution in [1.82, 2.24) is 0 Å². The third-order valence-corrected chi connectivity index (χ3v) is 4.95. The summed E-state index contributed by atoms with van der Waals surface area (Å²) >= 11 is 1.80. The summed E-state index contributed by atoms with van der Waals surface area (Å²) in [5.74, 6) is -0.213. The van der Waals surface area contributed by atoms with Crippen molar-refractivity contribution in [2.45, 2.75) is 62.1 Å². The minimum Gasteiger partial charge on any atom is -0.443 e. The fourth-order valence-electron chi connectivity index (χ4n) is 2.49. The largest absolute Gasteiger partial charge is 0.443 e. The van der Waals surface area contributed by atoms with Crippen molar-refractivity contribution in [2.24, 2.45) is 0 Å². The molecule has 0 spiro atoms.